The van der Waals surface area contributed by atoms with Crippen LogP contribution in [-0.4, -0.2) is 42.4 Å². The van der Waals surface area contributed by atoms with E-state index in [1.165, 1.54) is 18.4 Å². The monoisotopic (exact) mass is 296 g/mol. The van der Waals surface area contributed by atoms with Crippen molar-refractivity contribution < 1.29 is 19.1 Å². The maximum absolute atomic E-state index is 11.7. The second kappa shape index (κ2) is 7.18. The lowest BCUT2D eigenvalue weighted by atomic mass is 10.3. The molecule has 0 fully saturated rings. The van der Waals surface area contributed by atoms with Crippen molar-refractivity contribution in [2.75, 3.05) is 20.3 Å². The van der Waals surface area contributed by atoms with E-state index in [2.05, 4.69) is 10.3 Å². The molecule has 20 heavy (non-hydrogen) atoms. The predicted octanol–water partition coefficient (Wildman–Crippen LogP) is 1.07. The fourth-order valence-electron chi connectivity index (χ4n) is 1.62. The van der Waals surface area contributed by atoms with Crippen LogP contribution in [-0.2, 0) is 16.0 Å². The average molecular weight is 296 g/mol. The van der Waals surface area contributed by atoms with Crippen LogP contribution in [0.15, 0.2) is 28.4 Å². The molecule has 1 amide bonds. The summed E-state index contributed by atoms with van der Waals surface area (Å²) < 4.78 is 9.77. The number of amides is 1. The minimum Gasteiger partial charge on any atom is -0.472 e. The molecule has 2 N–H and O–H groups in total. The molecule has 2 heterocycles. The number of rotatable bonds is 7. The molecule has 0 aliphatic heterocycles. The van der Waals surface area contributed by atoms with Crippen molar-refractivity contribution in [3.63, 3.8) is 0 Å². The zero-order valence-corrected chi connectivity index (χ0v) is 11.9. The predicted molar refractivity (Wildman–Crippen MR) is 74.4 cm³/mol. The molecular weight excluding hydrogens is 280 g/mol. The van der Waals surface area contributed by atoms with Gasteiger partial charge in [0.1, 0.15) is 11.3 Å². The Bertz CT molecular complexity index is 538. The van der Waals surface area contributed by atoms with Crippen molar-refractivity contribution in [3.8, 4) is 10.6 Å². The van der Waals surface area contributed by atoms with Crippen molar-refractivity contribution in [2.24, 2.45) is 0 Å². The van der Waals surface area contributed by atoms with E-state index >= 15 is 0 Å². The van der Waals surface area contributed by atoms with E-state index in [4.69, 9.17) is 9.15 Å². The number of aliphatic hydroxyl groups excluding tert-OH is 1. The van der Waals surface area contributed by atoms with Gasteiger partial charge >= 0.3 is 0 Å². The van der Waals surface area contributed by atoms with Crippen LogP contribution in [0.4, 0.5) is 0 Å². The Morgan fingerprint density at radius 2 is 2.50 bits per heavy atom. The summed E-state index contributed by atoms with van der Waals surface area (Å²) in [5.41, 5.74) is 1.60. The van der Waals surface area contributed by atoms with Gasteiger partial charge in [-0.3, -0.25) is 4.79 Å². The number of carbonyl (C=O) groups is 1. The average Bonchev–Trinajstić information content (AvgIpc) is 3.07. The highest BCUT2D eigenvalue weighted by Crippen LogP contribution is 2.23. The standard InChI is InChI=1S/C13H16N2O4S/c1-18-7-11(16)5-14-12(17)4-10-8-20-13(15-10)9-2-3-19-6-9/h2-3,6,8,11,16H,4-5,7H2,1H3,(H,14,17). The molecule has 6 nitrogen and oxygen atoms in total. The van der Waals surface area contributed by atoms with E-state index in [1.807, 2.05) is 11.4 Å². The van der Waals surface area contributed by atoms with Gasteiger partial charge in [0.15, 0.2) is 0 Å². The maximum atomic E-state index is 11.7. The van der Waals surface area contributed by atoms with E-state index in [0.29, 0.717) is 5.69 Å². The SMILES string of the molecule is COCC(O)CNC(=O)Cc1csc(-c2ccoc2)n1. The van der Waals surface area contributed by atoms with Gasteiger partial charge in [-0.2, -0.15) is 0 Å². The Hall–Kier alpha value is -1.70. The van der Waals surface area contributed by atoms with Crippen LogP contribution in [0.3, 0.4) is 0 Å². The maximum Gasteiger partial charge on any atom is 0.226 e. The largest absolute Gasteiger partial charge is 0.472 e. The quantitative estimate of drug-likeness (QED) is 0.798. The Labute approximate surface area is 120 Å². The number of nitrogens with zero attached hydrogens (tertiary/aromatic N) is 1. The lowest BCUT2D eigenvalue weighted by Gasteiger charge is -2.10. The number of carbonyl (C=O) groups excluding carboxylic acids is 1. The van der Waals surface area contributed by atoms with E-state index < -0.39 is 6.10 Å². The molecule has 1 unspecified atom stereocenters. The van der Waals surface area contributed by atoms with Crippen LogP contribution in [0.1, 0.15) is 5.69 Å². The number of methoxy groups -OCH3 is 1. The topological polar surface area (TPSA) is 84.6 Å². The lowest BCUT2D eigenvalue weighted by molar-refractivity contribution is -0.121. The van der Waals surface area contributed by atoms with Gasteiger partial charge < -0.3 is 19.6 Å². The van der Waals surface area contributed by atoms with Crippen LogP contribution >= 0.6 is 11.3 Å². The number of nitrogens with one attached hydrogen (secondary N) is 1. The van der Waals surface area contributed by atoms with Gasteiger partial charge in [-0.15, -0.1) is 11.3 Å². The first-order valence-corrected chi connectivity index (χ1v) is 6.97. The van der Waals surface area contributed by atoms with Gasteiger partial charge in [0, 0.05) is 24.6 Å². The molecule has 0 aromatic carbocycles. The lowest BCUT2D eigenvalue weighted by Crippen LogP contribution is -2.35. The van der Waals surface area contributed by atoms with Crippen molar-refractivity contribution in [2.45, 2.75) is 12.5 Å². The number of hydrogen-bond donors (Lipinski definition) is 2. The van der Waals surface area contributed by atoms with Crippen LogP contribution in [0.25, 0.3) is 10.6 Å². The van der Waals surface area contributed by atoms with Crippen molar-refractivity contribution >= 4 is 17.2 Å². The molecule has 0 radical (unpaired) electrons. The summed E-state index contributed by atoms with van der Waals surface area (Å²) in [6.07, 6.45) is 2.69. The summed E-state index contributed by atoms with van der Waals surface area (Å²) in [4.78, 5) is 16.1. The van der Waals surface area contributed by atoms with E-state index in [0.717, 1.165) is 10.6 Å². The normalized spacial score (nSPS) is 12.3. The Morgan fingerprint density at radius 1 is 1.65 bits per heavy atom. The van der Waals surface area contributed by atoms with Gasteiger partial charge in [-0.05, 0) is 6.07 Å². The molecule has 2 aromatic rings. The van der Waals surface area contributed by atoms with Crippen molar-refractivity contribution in [3.05, 3.63) is 29.7 Å². The highest BCUT2D eigenvalue weighted by Gasteiger charge is 2.11. The third kappa shape index (κ3) is 4.16. The number of thiazole rings is 1. The summed E-state index contributed by atoms with van der Waals surface area (Å²) in [6, 6.07) is 1.82. The van der Waals surface area contributed by atoms with Gasteiger partial charge in [-0.1, -0.05) is 0 Å². The number of aliphatic hydroxyl groups is 1. The second-order valence-corrected chi connectivity index (χ2v) is 5.10. The van der Waals surface area contributed by atoms with Gasteiger partial charge in [0.25, 0.3) is 0 Å². The number of hydrogen-bond acceptors (Lipinski definition) is 6. The van der Waals surface area contributed by atoms with Crippen molar-refractivity contribution in [1.29, 1.82) is 0 Å². The minimum atomic E-state index is -0.694. The summed E-state index contributed by atoms with van der Waals surface area (Å²) in [5, 5.41) is 14.7. The van der Waals surface area contributed by atoms with Crippen molar-refractivity contribution in [1.82, 2.24) is 10.3 Å². The minimum absolute atomic E-state index is 0.172. The molecule has 2 rings (SSSR count). The molecule has 108 valence electrons. The van der Waals surface area contributed by atoms with Gasteiger partial charge in [0.05, 0.1) is 31.1 Å². The first kappa shape index (κ1) is 14.7. The zero-order valence-electron chi connectivity index (χ0n) is 11.0. The zero-order chi connectivity index (χ0) is 14.4. The van der Waals surface area contributed by atoms with Crippen LogP contribution in [0.5, 0.6) is 0 Å². The Morgan fingerprint density at radius 3 is 3.20 bits per heavy atom. The molecule has 1 atom stereocenters. The van der Waals surface area contributed by atoms with E-state index in [1.54, 1.807) is 12.5 Å². The third-order valence-electron chi connectivity index (χ3n) is 2.56. The highest BCUT2D eigenvalue weighted by atomic mass is 32.1. The highest BCUT2D eigenvalue weighted by molar-refractivity contribution is 7.13. The molecule has 0 aliphatic rings. The molecule has 0 saturated heterocycles. The first-order chi connectivity index (χ1) is 9.69. The molecule has 0 spiro atoms. The van der Waals surface area contributed by atoms with Crippen LogP contribution in [0, 0.1) is 0 Å². The number of aromatic nitrogens is 1. The fourth-order valence-corrected chi connectivity index (χ4v) is 2.42. The summed E-state index contributed by atoms with van der Waals surface area (Å²) in [6.45, 7) is 0.368. The third-order valence-corrected chi connectivity index (χ3v) is 3.50. The van der Waals surface area contributed by atoms with E-state index in [-0.39, 0.29) is 25.5 Å². The molecule has 0 bridgehead atoms. The molecule has 7 heteroatoms. The first-order valence-electron chi connectivity index (χ1n) is 6.09. The number of ether oxygens (including phenoxy) is 1. The molecular formula is C13H16N2O4S. The Kier molecular flexibility index (Phi) is 5.28. The molecule has 0 aliphatic carbocycles. The fraction of sp³-hybridized carbons (Fsp3) is 0.385. The molecule has 2 aromatic heterocycles. The number of furan rings is 1. The second-order valence-electron chi connectivity index (χ2n) is 4.25. The summed E-state index contributed by atoms with van der Waals surface area (Å²) in [7, 11) is 1.50. The van der Waals surface area contributed by atoms with Crippen LogP contribution < -0.4 is 5.32 Å². The van der Waals surface area contributed by atoms with Gasteiger partial charge in [0.2, 0.25) is 5.91 Å². The van der Waals surface area contributed by atoms with E-state index in [9.17, 15) is 9.90 Å². The summed E-state index contributed by atoms with van der Waals surface area (Å²) in [5.74, 6) is -0.177. The molecule has 0 saturated carbocycles. The van der Waals surface area contributed by atoms with Crippen LogP contribution in [0.2, 0.25) is 0 Å². The summed E-state index contributed by atoms with van der Waals surface area (Å²) >= 11 is 1.46. The van der Waals surface area contributed by atoms with Gasteiger partial charge in [-0.25, -0.2) is 4.98 Å². The Balaban J connectivity index is 1.83. The smallest absolute Gasteiger partial charge is 0.226 e.